The molecule has 158 valence electrons. The van der Waals surface area contributed by atoms with E-state index in [0.29, 0.717) is 43.0 Å². The van der Waals surface area contributed by atoms with Crippen molar-refractivity contribution in [3.63, 3.8) is 0 Å². The van der Waals surface area contributed by atoms with Gasteiger partial charge in [0.1, 0.15) is 13.2 Å². The fourth-order valence-electron chi connectivity index (χ4n) is 3.07. The first-order chi connectivity index (χ1) is 14.6. The number of carbonyl (C=O) groups is 3. The Morgan fingerprint density at radius 2 is 1.60 bits per heavy atom. The third-order valence-corrected chi connectivity index (χ3v) is 4.86. The molecule has 0 unspecified atom stereocenters. The monoisotopic (exact) mass is 411 g/mol. The average Bonchev–Trinajstić information content (AvgIpc) is 2.81. The Hall–Kier alpha value is -3.19. The summed E-state index contributed by atoms with van der Waals surface area (Å²) >= 11 is 0. The van der Waals surface area contributed by atoms with Crippen molar-refractivity contribution in [2.24, 2.45) is 0 Å². The number of nitrogens with zero attached hydrogens (tertiary/aromatic N) is 1. The maximum Gasteiger partial charge on any atom is 0.410 e. The van der Waals surface area contributed by atoms with Gasteiger partial charge in [0.25, 0.3) is 0 Å². The third-order valence-electron chi connectivity index (χ3n) is 4.86. The van der Waals surface area contributed by atoms with E-state index in [-0.39, 0.29) is 19.0 Å². The van der Waals surface area contributed by atoms with Crippen molar-refractivity contribution in [2.45, 2.75) is 12.8 Å². The molecule has 0 N–H and O–H groups in total. The van der Waals surface area contributed by atoms with E-state index in [1.54, 1.807) is 48.2 Å². The molecule has 7 nitrogen and oxygen atoms in total. The molecule has 1 amide bonds. The van der Waals surface area contributed by atoms with Gasteiger partial charge < -0.3 is 19.1 Å². The van der Waals surface area contributed by atoms with Gasteiger partial charge in [0.05, 0.1) is 19.1 Å². The van der Waals surface area contributed by atoms with E-state index in [4.69, 9.17) is 14.2 Å². The lowest BCUT2D eigenvalue weighted by Gasteiger charge is -2.25. The Bertz CT molecular complexity index is 876. The summed E-state index contributed by atoms with van der Waals surface area (Å²) in [5.74, 6) is -1.10. The van der Waals surface area contributed by atoms with E-state index in [9.17, 15) is 14.4 Å². The summed E-state index contributed by atoms with van der Waals surface area (Å²) in [5.41, 5.74) is 1.79. The quantitative estimate of drug-likeness (QED) is 0.396. The van der Waals surface area contributed by atoms with E-state index in [0.717, 1.165) is 0 Å². The minimum absolute atomic E-state index is 0.0127. The molecular weight excluding hydrogens is 386 g/mol. The number of hydrogen-bond donors (Lipinski definition) is 0. The van der Waals surface area contributed by atoms with E-state index in [1.807, 2.05) is 18.2 Å². The lowest BCUT2D eigenvalue weighted by molar-refractivity contribution is -0.146. The molecule has 30 heavy (non-hydrogen) atoms. The normalized spacial score (nSPS) is 14.6. The Balaban J connectivity index is 1.49. The Morgan fingerprint density at radius 3 is 2.33 bits per heavy atom. The first-order valence-corrected chi connectivity index (χ1v) is 9.92. The first-order valence-electron chi connectivity index (χ1n) is 9.92. The van der Waals surface area contributed by atoms with Gasteiger partial charge >= 0.3 is 12.1 Å². The summed E-state index contributed by atoms with van der Waals surface area (Å²) in [7, 11) is 0. The van der Waals surface area contributed by atoms with Crippen LogP contribution in [0.4, 0.5) is 4.79 Å². The number of ether oxygens (including phenoxy) is 3. The van der Waals surface area contributed by atoms with Gasteiger partial charge in [-0.25, -0.2) is 4.79 Å². The van der Waals surface area contributed by atoms with Crippen LogP contribution in [0.15, 0.2) is 54.6 Å². The first kappa shape index (κ1) is 21.5. The minimum Gasteiger partial charge on any atom is -0.462 e. The van der Waals surface area contributed by atoms with Crippen LogP contribution in [0, 0.1) is 0 Å². The van der Waals surface area contributed by atoms with Crippen LogP contribution in [0.5, 0.6) is 0 Å². The van der Waals surface area contributed by atoms with Crippen LogP contribution in [-0.4, -0.2) is 62.3 Å². The topological polar surface area (TPSA) is 82.1 Å². The number of morpholine rings is 1. The third kappa shape index (κ3) is 5.67. The molecular formula is C23H25NO6. The Kier molecular flexibility index (Phi) is 7.57. The molecule has 0 aliphatic carbocycles. The van der Waals surface area contributed by atoms with Gasteiger partial charge in [0, 0.05) is 24.2 Å². The molecule has 7 heteroatoms. The summed E-state index contributed by atoms with van der Waals surface area (Å²) in [4.78, 5) is 38.4. The zero-order chi connectivity index (χ0) is 21.3. The fraction of sp³-hybridized carbons (Fsp3) is 0.348. The van der Waals surface area contributed by atoms with Crippen molar-refractivity contribution in [1.82, 2.24) is 4.90 Å². The van der Waals surface area contributed by atoms with Crippen molar-refractivity contribution in [3.8, 4) is 0 Å². The number of benzene rings is 2. The zero-order valence-electron chi connectivity index (χ0n) is 16.9. The van der Waals surface area contributed by atoms with E-state index in [2.05, 4.69) is 0 Å². The number of esters is 1. The second-order valence-corrected chi connectivity index (χ2v) is 6.92. The van der Waals surface area contributed by atoms with Gasteiger partial charge in [-0.05, 0) is 18.6 Å². The predicted molar refractivity (Wildman–Crippen MR) is 109 cm³/mol. The average molecular weight is 411 g/mol. The molecule has 1 saturated heterocycles. The van der Waals surface area contributed by atoms with Crippen LogP contribution in [0.3, 0.4) is 0 Å². The molecule has 0 radical (unpaired) electrons. The van der Waals surface area contributed by atoms with Crippen LogP contribution in [0.25, 0.3) is 0 Å². The number of ketones is 1. The zero-order valence-corrected chi connectivity index (χ0v) is 16.9. The predicted octanol–water partition coefficient (Wildman–Crippen LogP) is 3.03. The molecule has 2 aromatic rings. The van der Waals surface area contributed by atoms with E-state index in [1.165, 1.54) is 0 Å². The van der Waals surface area contributed by atoms with Crippen LogP contribution in [0.1, 0.15) is 34.3 Å². The number of hydrogen-bond acceptors (Lipinski definition) is 6. The smallest absolute Gasteiger partial charge is 0.410 e. The molecule has 3 rings (SSSR count). The second kappa shape index (κ2) is 10.5. The van der Waals surface area contributed by atoms with Crippen molar-refractivity contribution >= 4 is 17.8 Å². The van der Waals surface area contributed by atoms with Crippen LogP contribution in [-0.2, 0) is 19.0 Å². The highest BCUT2D eigenvalue weighted by atomic mass is 16.6. The highest BCUT2D eigenvalue weighted by molar-refractivity contribution is 6.09. The van der Waals surface area contributed by atoms with Crippen LogP contribution < -0.4 is 0 Å². The molecule has 1 aliphatic heterocycles. The number of rotatable bonds is 7. The van der Waals surface area contributed by atoms with Gasteiger partial charge in [0.2, 0.25) is 0 Å². The highest BCUT2D eigenvalue weighted by Gasteiger charge is 2.20. The molecule has 1 atom stereocenters. The van der Waals surface area contributed by atoms with Crippen molar-refractivity contribution < 1.29 is 28.6 Å². The Labute approximate surface area is 175 Å². The van der Waals surface area contributed by atoms with Crippen molar-refractivity contribution in [1.29, 1.82) is 0 Å². The highest BCUT2D eigenvalue weighted by Crippen LogP contribution is 2.20. The fourth-order valence-corrected chi connectivity index (χ4v) is 3.07. The van der Waals surface area contributed by atoms with Gasteiger partial charge in [-0.2, -0.15) is 0 Å². The summed E-state index contributed by atoms with van der Waals surface area (Å²) < 4.78 is 15.5. The molecule has 1 heterocycles. The SMILES string of the molecule is C[C@H](C(=O)OCCOC(=O)N1CCOCC1)c1cccc(C(=O)c2ccccc2)c1. The van der Waals surface area contributed by atoms with Crippen molar-refractivity contribution in [3.05, 3.63) is 71.3 Å². The molecule has 1 aliphatic rings. The lowest BCUT2D eigenvalue weighted by Crippen LogP contribution is -2.41. The second-order valence-electron chi connectivity index (χ2n) is 6.92. The van der Waals surface area contributed by atoms with Gasteiger partial charge in [-0.1, -0.05) is 48.5 Å². The molecule has 0 bridgehead atoms. The molecule has 2 aromatic carbocycles. The summed E-state index contributed by atoms with van der Waals surface area (Å²) in [5, 5.41) is 0. The minimum atomic E-state index is -0.552. The maximum absolute atomic E-state index is 12.6. The largest absolute Gasteiger partial charge is 0.462 e. The van der Waals surface area contributed by atoms with Gasteiger partial charge in [-0.3, -0.25) is 9.59 Å². The van der Waals surface area contributed by atoms with E-state index < -0.39 is 18.0 Å². The lowest BCUT2D eigenvalue weighted by atomic mass is 9.96. The van der Waals surface area contributed by atoms with Crippen LogP contribution in [0.2, 0.25) is 0 Å². The van der Waals surface area contributed by atoms with E-state index >= 15 is 0 Å². The molecule has 1 fully saturated rings. The van der Waals surface area contributed by atoms with Crippen LogP contribution >= 0.6 is 0 Å². The summed E-state index contributed by atoms with van der Waals surface area (Å²) in [6.07, 6.45) is -0.436. The Morgan fingerprint density at radius 1 is 0.933 bits per heavy atom. The van der Waals surface area contributed by atoms with Crippen molar-refractivity contribution in [2.75, 3.05) is 39.5 Å². The van der Waals surface area contributed by atoms with Gasteiger partial charge in [0.15, 0.2) is 5.78 Å². The maximum atomic E-state index is 12.6. The molecule has 0 saturated carbocycles. The molecule has 0 aromatic heterocycles. The van der Waals surface area contributed by atoms with Gasteiger partial charge in [-0.15, -0.1) is 0 Å². The molecule has 0 spiro atoms. The number of amides is 1. The summed E-state index contributed by atoms with van der Waals surface area (Å²) in [6, 6.07) is 15.9. The summed E-state index contributed by atoms with van der Waals surface area (Å²) in [6.45, 7) is 3.65. The number of carbonyl (C=O) groups excluding carboxylic acids is 3. The standard InChI is InChI=1S/C23H25NO6/c1-17(22(26)29-14-15-30-23(27)24-10-12-28-13-11-24)19-8-5-9-20(16-19)21(25)18-6-3-2-4-7-18/h2-9,16-17H,10-15H2,1H3/t17-/m0/s1.